The van der Waals surface area contributed by atoms with Gasteiger partial charge in [-0.3, -0.25) is 4.79 Å². The molecule has 40 heavy (non-hydrogen) atoms. The van der Waals surface area contributed by atoms with E-state index in [-0.39, 0.29) is 48.6 Å². The highest BCUT2D eigenvalue weighted by molar-refractivity contribution is 5.82. The van der Waals surface area contributed by atoms with E-state index in [2.05, 4.69) is 72.3 Å². The third kappa shape index (κ3) is 6.60. The number of carbonyl (C=O) groups excluding carboxylic acids is 2. The van der Waals surface area contributed by atoms with E-state index in [1.807, 2.05) is 32.9 Å². The summed E-state index contributed by atoms with van der Waals surface area (Å²) in [7, 11) is 0. The molecule has 10 nitrogen and oxygen atoms in total. The molecule has 3 saturated heterocycles. The van der Waals surface area contributed by atoms with Gasteiger partial charge in [0.15, 0.2) is 6.10 Å². The third-order valence-corrected chi connectivity index (χ3v) is 8.02. The van der Waals surface area contributed by atoms with Crippen LogP contribution in [0, 0.1) is 17.2 Å². The number of hydrogen-bond donors (Lipinski definition) is 4. The molecule has 0 aliphatic carbocycles. The average molecular weight is 555 g/mol. The van der Waals surface area contributed by atoms with Gasteiger partial charge in [-0.2, -0.15) is 5.26 Å². The van der Waals surface area contributed by atoms with E-state index < -0.39 is 17.2 Å². The van der Waals surface area contributed by atoms with E-state index in [9.17, 15) is 14.9 Å². The lowest BCUT2D eigenvalue weighted by Crippen LogP contribution is -2.63. The number of anilines is 1. The minimum atomic E-state index is -0.666. The monoisotopic (exact) mass is 554 g/mol. The van der Waals surface area contributed by atoms with Gasteiger partial charge in [0.1, 0.15) is 11.8 Å². The van der Waals surface area contributed by atoms with Crippen molar-refractivity contribution >= 4 is 17.6 Å². The molecular weight excluding hydrogens is 508 g/mol. The highest BCUT2D eigenvalue weighted by Crippen LogP contribution is 2.40. The predicted octanol–water partition coefficient (Wildman–Crippen LogP) is 3.16. The summed E-state index contributed by atoms with van der Waals surface area (Å²) < 4.78 is 11.6. The standard InChI is InChI=1S/C30H46N6O4/c1-19(2)34-29(6,7)20-8-10-21(11-9-20)33-25-24-22(13-17-32-26(24)37)36(35-25)30(15-16-31)14-12-23(39-18-30)27(38)40-28(3,4)5/h8-11,19,22-25,33-35H,12-15,17-18H2,1-7H3,(H,32,37)/t22?,23-,24?,25?,30-/m0/s1. The molecule has 3 unspecified atom stereocenters. The van der Waals surface area contributed by atoms with Gasteiger partial charge in [-0.1, -0.05) is 26.0 Å². The van der Waals surface area contributed by atoms with Crippen molar-refractivity contribution < 1.29 is 19.1 Å². The van der Waals surface area contributed by atoms with Crippen LogP contribution in [0.2, 0.25) is 0 Å². The van der Waals surface area contributed by atoms with Crippen molar-refractivity contribution in [2.75, 3.05) is 18.5 Å². The minimum absolute atomic E-state index is 0.0156. The molecule has 3 heterocycles. The number of carbonyl (C=O) groups is 2. The number of benzene rings is 1. The van der Waals surface area contributed by atoms with E-state index in [0.717, 1.165) is 12.1 Å². The normalized spacial score (nSPS) is 29.4. The molecule has 1 aromatic rings. The Balaban J connectivity index is 1.52. The zero-order valence-electron chi connectivity index (χ0n) is 25.0. The van der Waals surface area contributed by atoms with Crippen LogP contribution in [0.5, 0.6) is 0 Å². The van der Waals surface area contributed by atoms with Crippen LogP contribution < -0.4 is 21.4 Å². The van der Waals surface area contributed by atoms with Gasteiger partial charge in [0, 0.05) is 29.9 Å². The Labute approximate surface area is 238 Å². The topological polar surface area (TPSA) is 128 Å². The minimum Gasteiger partial charge on any atom is -0.458 e. The summed E-state index contributed by atoms with van der Waals surface area (Å²) >= 11 is 0. The molecule has 0 radical (unpaired) electrons. The smallest absolute Gasteiger partial charge is 0.335 e. The van der Waals surface area contributed by atoms with Gasteiger partial charge in [-0.15, -0.1) is 0 Å². The summed E-state index contributed by atoms with van der Waals surface area (Å²) in [5.41, 5.74) is 4.20. The van der Waals surface area contributed by atoms with Gasteiger partial charge in [-0.25, -0.2) is 15.2 Å². The molecule has 3 aliphatic heterocycles. The maximum Gasteiger partial charge on any atom is 0.335 e. The third-order valence-electron chi connectivity index (χ3n) is 8.02. The quantitative estimate of drug-likeness (QED) is 0.358. The Morgan fingerprint density at radius 3 is 2.50 bits per heavy atom. The van der Waals surface area contributed by atoms with Crippen molar-refractivity contribution in [3.05, 3.63) is 29.8 Å². The molecule has 0 saturated carbocycles. The fourth-order valence-corrected chi connectivity index (χ4v) is 6.31. The molecule has 1 aromatic carbocycles. The van der Waals surface area contributed by atoms with E-state index >= 15 is 0 Å². The molecule has 3 aliphatic rings. The molecule has 0 bridgehead atoms. The maximum absolute atomic E-state index is 13.1. The van der Waals surface area contributed by atoms with Crippen molar-refractivity contribution in [1.29, 1.82) is 5.26 Å². The van der Waals surface area contributed by atoms with Gasteiger partial charge in [0.05, 0.1) is 30.6 Å². The Bertz CT molecular complexity index is 1100. The molecule has 10 heteroatoms. The highest BCUT2D eigenvalue weighted by Gasteiger charge is 2.56. The molecule has 4 N–H and O–H groups in total. The lowest BCUT2D eigenvalue weighted by atomic mass is 9.83. The summed E-state index contributed by atoms with van der Waals surface area (Å²) in [6.07, 6.45) is 0.946. The van der Waals surface area contributed by atoms with Crippen LogP contribution in [0.1, 0.15) is 79.7 Å². The van der Waals surface area contributed by atoms with Crippen molar-refractivity contribution in [2.45, 2.75) is 115 Å². The molecule has 0 aromatic heterocycles. The Kier molecular flexibility index (Phi) is 8.81. The van der Waals surface area contributed by atoms with Gasteiger partial charge in [0.25, 0.3) is 0 Å². The predicted molar refractivity (Wildman–Crippen MR) is 153 cm³/mol. The lowest BCUT2D eigenvalue weighted by molar-refractivity contribution is -0.180. The summed E-state index contributed by atoms with van der Waals surface area (Å²) in [6.45, 7) is 14.9. The number of nitrogens with zero attached hydrogens (tertiary/aromatic N) is 2. The SMILES string of the molecule is CC(C)NC(C)(C)c1ccc(NC2NN([C@]3(CC#N)CC[C@@H](C(=O)OC(C)(C)C)OC3)C3CCNC(=O)C23)cc1. The molecular formula is C30H46N6O4. The first-order valence-electron chi connectivity index (χ1n) is 14.4. The number of fused-ring (bicyclic) bond motifs is 1. The summed E-state index contributed by atoms with van der Waals surface area (Å²) in [5, 5.41) is 22.1. The molecule has 5 atom stereocenters. The van der Waals surface area contributed by atoms with E-state index in [4.69, 9.17) is 9.47 Å². The number of hydrogen-bond acceptors (Lipinski definition) is 9. The maximum atomic E-state index is 13.1. The number of rotatable bonds is 8. The number of piperidine rings is 1. The number of nitriles is 1. The molecule has 1 amide bonds. The van der Waals surface area contributed by atoms with Crippen molar-refractivity contribution in [3.8, 4) is 6.07 Å². The number of ether oxygens (including phenoxy) is 2. The second-order valence-corrected chi connectivity index (χ2v) is 13.2. The van der Waals surface area contributed by atoms with E-state index in [1.165, 1.54) is 5.56 Å². The van der Waals surface area contributed by atoms with Crippen molar-refractivity contribution in [2.24, 2.45) is 5.92 Å². The van der Waals surface area contributed by atoms with Crippen LogP contribution in [0.4, 0.5) is 5.69 Å². The van der Waals surface area contributed by atoms with Crippen LogP contribution in [-0.2, 0) is 24.6 Å². The summed E-state index contributed by atoms with van der Waals surface area (Å²) in [5.74, 6) is -0.748. The van der Waals surface area contributed by atoms with Gasteiger partial charge < -0.3 is 25.4 Å². The first kappa shape index (κ1) is 30.3. The van der Waals surface area contributed by atoms with E-state index in [1.54, 1.807) is 0 Å². The van der Waals surface area contributed by atoms with Crippen LogP contribution in [0.15, 0.2) is 24.3 Å². The molecule has 3 fully saturated rings. The lowest BCUT2D eigenvalue weighted by Gasteiger charge is -2.47. The molecule has 220 valence electrons. The fourth-order valence-electron chi connectivity index (χ4n) is 6.31. The first-order valence-corrected chi connectivity index (χ1v) is 14.4. The second-order valence-electron chi connectivity index (χ2n) is 13.2. The fraction of sp³-hybridized carbons (Fsp3) is 0.700. The van der Waals surface area contributed by atoms with Gasteiger partial charge >= 0.3 is 5.97 Å². The second kappa shape index (κ2) is 11.6. The summed E-state index contributed by atoms with van der Waals surface area (Å²) in [4.78, 5) is 25.8. The van der Waals surface area contributed by atoms with Crippen molar-refractivity contribution in [3.63, 3.8) is 0 Å². The van der Waals surface area contributed by atoms with Crippen molar-refractivity contribution in [1.82, 2.24) is 21.1 Å². The number of esters is 1. The average Bonchev–Trinajstić information content (AvgIpc) is 3.23. The van der Waals surface area contributed by atoms with Crippen LogP contribution in [0.3, 0.4) is 0 Å². The summed E-state index contributed by atoms with van der Waals surface area (Å²) in [6, 6.07) is 10.9. The Hall–Kier alpha value is -2.71. The molecule has 4 rings (SSSR count). The largest absolute Gasteiger partial charge is 0.458 e. The van der Waals surface area contributed by atoms with Gasteiger partial charge in [-0.05, 0) is 71.6 Å². The Morgan fingerprint density at radius 2 is 1.93 bits per heavy atom. The zero-order chi connectivity index (χ0) is 29.3. The van der Waals surface area contributed by atoms with E-state index in [0.29, 0.717) is 25.4 Å². The number of hydrazine groups is 1. The van der Waals surface area contributed by atoms with Crippen LogP contribution in [-0.4, -0.2) is 65.5 Å². The zero-order valence-corrected chi connectivity index (χ0v) is 25.0. The number of nitrogens with one attached hydrogen (secondary N) is 4. The first-order chi connectivity index (χ1) is 18.7. The van der Waals surface area contributed by atoms with Gasteiger partial charge in [0.2, 0.25) is 5.91 Å². The van der Waals surface area contributed by atoms with Crippen LogP contribution in [0.25, 0.3) is 0 Å². The molecule has 0 spiro atoms. The number of amides is 1. The van der Waals surface area contributed by atoms with Crippen LogP contribution >= 0.6 is 0 Å². The highest BCUT2D eigenvalue weighted by atomic mass is 16.6. The Morgan fingerprint density at radius 1 is 1.23 bits per heavy atom.